The van der Waals surface area contributed by atoms with E-state index in [-0.39, 0.29) is 0 Å². The van der Waals surface area contributed by atoms with Crippen LogP contribution in [0.2, 0.25) is 0 Å². The number of rotatable bonds is 1. The van der Waals surface area contributed by atoms with E-state index in [1.807, 2.05) is 19.1 Å². The molecule has 1 aliphatic rings. The van der Waals surface area contributed by atoms with E-state index in [0.29, 0.717) is 11.7 Å². The summed E-state index contributed by atoms with van der Waals surface area (Å²) in [6.45, 7) is 1.90. The number of aryl methyl sites for hydroxylation is 2. The predicted octanol–water partition coefficient (Wildman–Crippen LogP) is 3.58. The van der Waals surface area contributed by atoms with E-state index < -0.39 is 0 Å². The highest BCUT2D eigenvalue weighted by Crippen LogP contribution is 2.41. The second-order valence-corrected chi connectivity index (χ2v) is 4.70. The first-order valence-electron chi connectivity index (χ1n) is 6.05. The van der Waals surface area contributed by atoms with E-state index in [1.54, 1.807) is 0 Å². The smallest absolute Gasteiger partial charge is 0.122 e. The Morgan fingerprint density at radius 3 is 2.88 bits per heavy atom. The van der Waals surface area contributed by atoms with Gasteiger partial charge in [0.1, 0.15) is 5.75 Å². The molecule has 1 heteroatoms. The van der Waals surface area contributed by atoms with Crippen LogP contribution in [0.3, 0.4) is 0 Å². The van der Waals surface area contributed by atoms with Crippen molar-refractivity contribution in [1.82, 2.24) is 0 Å². The molecular formula is C16H15O. The van der Waals surface area contributed by atoms with Crippen molar-refractivity contribution < 1.29 is 5.11 Å². The Balaban J connectivity index is 2.10. The lowest BCUT2D eigenvalue weighted by molar-refractivity contribution is 0.460. The molecule has 3 rings (SSSR count). The van der Waals surface area contributed by atoms with Crippen molar-refractivity contribution in [2.45, 2.75) is 25.7 Å². The Bertz CT molecular complexity index is 557. The van der Waals surface area contributed by atoms with Gasteiger partial charge in [0.2, 0.25) is 0 Å². The summed E-state index contributed by atoms with van der Waals surface area (Å²) in [7, 11) is 0. The van der Waals surface area contributed by atoms with Crippen LogP contribution in [0.15, 0.2) is 36.4 Å². The van der Waals surface area contributed by atoms with Crippen LogP contribution in [0.1, 0.15) is 34.6 Å². The fourth-order valence-electron chi connectivity index (χ4n) is 2.78. The van der Waals surface area contributed by atoms with Gasteiger partial charge < -0.3 is 5.11 Å². The van der Waals surface area contributed by atoms with Crippen molar-refractivity contribution in [3.63, 3.8) is 0 Å². The first kappa shape index (κ1) is 10.4. The maximum Gasteiger partial charge on any atom is 0.122 e. The largest absolute Gasteiger partial charge is 0.507 e. The quantitative estimate of drug-likeness (QED) is 0.783. The molecule has 0 heterocycles. The zero-order valence-corrected chi connectivity index (χ0v) is 9.90. The summed E-state index contributed by atoms with van der Waals surface area (Å²) < 4.78 is 0. The zero-order valence-electron chi connectivity index (χ0n) is 9.90. The fraction of sp³-hybridized carbons (Fsp3) is 0.250. The summed E-state index contributed by atoms with van der Waals surface area (Å²) in [6, 6.07) is 15.5. The standard InChI is InChI=1S/C16H15O/c1-11-5-4-8-15(16(11)17)14-10-9-12-6-2-3-7-13(12)14/h2-4,6-8,14,17H,9-10H2,1H3. The Morgan fingerprint density at radius 2 is 2.00 bits per heavy atom. The van der Waals surface area contributed by atoms with Gasteiger partial charge >= 0.3 is 0 Å². The summed E-state index contributed by atoms with van der Waals surface area (Å²) in [5.41, 5.74) is 4.67. The van der Waals surface area contributed by atoms with Crippen molar-refractivity contribution >= 4 is 0 Å². The lowest BCUT2D eigenvalue weighted by Crippen LogP contribution is -1.97. The summed E-state index contributed by atoms with van der Waals surface area (Å²) in [4.78, 5) is 0. The number of phenolic OH excluding ortho intramolecular Hbond substituents is 1. The summed E-state index contributed by atoms with van der Waals surface area (Å²) in [5.74, 6) is 0.758. The van der Waals surface area contributed by atoms with Crippen LogP contribution >= 0.6 is 0 Å². The molecule has 1 N–H and O–H groups in total. The van der Waals surface area contributed by atoms with Crippen molar-refractivity contribution in [3.8, 4) is 5.75 Å². The van der Waals surface area contributed by atoms with E-state index in [4.69, 9.17) is 0 Å². The van der Waals surface area contributed by atoms with Gasteiger partial charge in [-0.1, -0.05) is 36.4 Å². The van der Waals surface area contributed by atoms with Gasteiger partial charge in [0.05, 0.1) is 0 Å². The fourth-order valence-corrected chi connectivity index (χ4v) is 2.78. The molecule has 1 nitrogen and oxygen atoms in total. The van der Waals surface area contributed by atoms with E-state index >= 15 is 0 Å². The van der Waals surface area contributed by atoms with E-state index in [1.165, 1.54) is 11.1 Å². The topological polar surface area (TPSA) is 20.2 Å². The van der Waals surface area contributed by atoms with Crippen molar-refractivity contribution in [1.29, 1.82) is 0 Å². The molecule has 0 saturated carbocycles. The molecule has 0 spiro atoms. The molecule has 0 aliphatic heterocycles. The average molecular weight is 223 g/mol. The van der Waals surface area contributed by atoms with Crippen LogP contribution in [0.4, 0.5) is 0 Å². The SMILES string of the molecule is Cc1[c]ccc(C2CCc3ccccc32)c1O. The number of phenols is 1. The number of aromatic hydroxyl groups is 1. The highest BCUT2D eigenvalue weighted by Gasteiger charge is 2.25. The van der Waals surface area contributed by atoms with Gasteiger partial charge in [0.15, 0.2) is 0 Å². The monoisotopic (exact) mass is 223 g/mol. The Labute approximate surface area is 102 Å². The van der Waals surface area contributed by atoms with E-state index in [2.05, 4.69) is 30.3 Å². The second kappa shape index (κ2) is 3.92. The van der Waals surface area contributed by atoms with Crippen molar-refractivity contribution in [2.75, 3.05) is 0 Å². The molecule has 1 aliphatic carbocycles. The maximum absolute atomic E-state index is 10.2. The first-order valence-corrected chi connectivity index (χ1v) is 6.05. The molecular weight excluding hydrogens is 208 g/mol. The van der Waals surface area contributed by atoms with E-state index in [9.17, 15) is 5.11 Å². The predicted molar refractivity (Wildman–Crippen MR) is 68.3 cm³/mol. The van der Waals surface area contributed by atoms with E-state index in [0.717, 1.165) is 24.0 Å². The molecule has 0 amide bonds. The van der Waals surface area contributed by atoms with Gasteiger partial charge in [-0.05, 0) is 42.5 Å². The number of hydrogen-bond acceptors (Lipinski definition) is 1. The highest BCUT2D eigenvalue weighted by molar-refractivity contribution is 5.49. The Morgan fingerprint density at radius 1 is 1.18 bits per heavy atom. The van der Waals surface area contributed by atoms with Gasteiger partial charge in [-0.15, -0.1) is 0 Å². The van der Waals surface area contributed by atoms with Crippen LogP contribution in [0.5, 0.6) is 5.75 Å². The molecule has 2 aromatic rings. The highest BCUT2D eigenvalue weighted by atomic mass is 16.3. The normalized spacial score (nSPS) is 18.1. The number of hydrogen-bond donors (Lipinski definition) is 1. The summed E-state index contributed by atoms with van der Waals surface area (Å²) >= 11 is 0. The van der Waals surface area contributed by atoms with Crippen molar-refractivity contribution in [3.05, 3.63) is 64.7 Å². The average Bonchev–Trinajstić information content (AvgIpc) is 2.77. The maximum atomic E-state index is 10.2. The van der Waals surface area contributed by atoms with Crippen LogP contribution in [0.25, 0.3) is 0 Å². The molecule has 85 valence electrons. The molecule has 0 saturated heterocycles. The molecule has 2 aromatic carbocycles. The van der Waals surface area contributed by atoms with Crippen LogP contribution in [-0.4, -0.2) is 5.11 Å². The van der Waals surface area contributed by atoms with Crippen LogP contribution < -0.4 is 0 Å². The third-order valence-electron chi connectivity index (χ3n) is 3.70. The molecule has 0 bridgehead atoms. The minimum atomic E-state index is 0.347. The molecule has 1 atom stereocenters. The number of fused-ring (bicyclic) bond motifs is 1. The summed E-state index contributed by atoms with van der Waals surface area (Å²) in [5, 5.41) is 10.2. The second-order valence-electron chi connectivity index (χ2n) is 4.70. The lowest BCUT2D eigenvalue weighted by Gasteiger charge is -2.14. The van der Waals surface area contributed by atoms with Gasteiger partial charge in [-0.25, -0.2) is 0 Å². The Hall–Kier alpha value is -1.76. The minimum Gasteiger partial charge on any atom is -0.507 e. The summed E-state index contributed by atoms with van der Waals surface area (Å²) in [6.07, 6.45) is 2.20. The Kier molecular flexibility index (Phi) is 2.40. The zero-order chi connectivity index (χ0) is 11.8. The third kappa shape index (κ3) is 1.62. The van der Waals surface area contributed by atoms with Gasteiger partial charge in [0, 0.05) is 11.5 Å². The van der Waals surface area contributed by atoms with Gasteiger partial charge in [-0.2, -0.15) is 0 Å². The molecule has 17 heavy (non-hydrogen) atoms. The van der Waals surface area contributed by atoms with Gasteiger partial charge in [0.25, 0.3) is 0 Å². The molecule has 1 unspecified atom stereocenters. The first-order chi connectivity index (χ1) is 8.27. The van der Waals surface area contributed by atoms with Crippen LogP contribution in [0, 0.1) is 13.0 Å². The van der Waals surface area contributed by atoms with Crippen LogP contribution in [-0.2, 0) is 6.42 Å². The lowest BCUT2D eigenvalue weighted by atomic mass is 9.91. The molecule has 0 aromatic heterocycles. The molecule has 1 radical (unpaired) electrons. The minimum absolute atomic E-state index is 0.347. The third-order valence-corrected chi connectivity index (χ3v) is 3.70. The number of benzene rings is 2. The molecule has 0 fully saturated rings. The van der Waals surface area contributed by atoms with Crippen molar-refractivity contribution in [2.24, 2.45) is 0 Å². The van der Waals surface area contributed by atoms with Gasteiger partial charge in [-0.3, -0.25) is 0 Å².